The molecule has 1 rings (SSSR count). The molecule has 1 heterocycles. The van der Waals surface area contributed by atoms with Crippen molar-refractivity contribution < 1.29 is 14.4 Å². The number of hydrogen-bond acceptors (Lipinski definition) is 3. The van der Waals surface area contributed by atoms with Crippen molar-refractivity contribution in [3.8, 4) is 0 Å². The second-order valence-electron chi connectivity index (χ2n) is 3.34. The number of thiol groups is 1. The molecular weight excluding hydrogens is 202 g/mol. The molecule has 1 fully saturated rings. The van der Waals surface area contributed by atoms with Crippen LogP contribution < -0.4 is 0 Å². The quantitative estimate of drug-likeness (QED) is 0.552. The van der Waals surface area contributed by atoms with Crippen LogP contribution >= 0.6 is 12.6 Å². The molecule has 1 atom stereocenters. The van der Waals surface area contributed by atoms with E-state index in [0.717, 1.165) is 0 Å². The first-order valence-electron chi connectivity index (χ1n) is 4.62. The number of amides is 2. The number of carbonyl (C=O) groups is 3. The van der Waals surface area contributed by atoms with Crippen LogP contribution in [0.2, 0.25) is 0 Å². The predicted molar refractivity (Wildman–Crippen MR) is 53.7 cm³/mol. The smallest absolute Gasteiger partial charge is 0.232 e. The van der Waals surface area contributed by atoms with E-state index in [2.05, 4.69) is 12.6 Å². The van der Waals surface area contributed by atoms with Gasteiger partial charge in [0.05, 0.1) is 0 Å². The van der Waals surface area contributed by atoms with Crippen molar-refractivity contribution in [2.24, 2.45) is 5.92 Å². The summed E-state index contributed by atoms with van der Waals surface area (Å²) in [5.74, 6) is -0.499. The molecule has 0 aliphatic carbocycles. The minimum absolute atomic E-state index is 0.136. The lowest BCUT2D eigenvalue weighted by Gasteiger charge is -2.12. The van der Waals surface area contributed by atoms with E-state index in [-0.39, 0.29) is 42.2 Å². The lowest BCUT2D eigenvalue weighted by Crippen LogP contribution is -2.32. The summed E-state index contributed by atoms with van der Waals surface area (Å²) in [5.41, 5.74) is 0. The number of likely N-dealkylation sites (tertiary alicyclic amines) is 1. The Morgan fingerprint density at radius 2 is 2.21 bits per heavy atom. The maximum atomic E-state index is 11.5. The Bertz CT molecular complexity index is 277. The zero-order valence-corrected chi connectivity index (χ0v) is 8.92. The van der Waals surface area contributed by atoms with Gasteiger partial charge in [0.15, 0.2) is 5.12 Å². The van der Waals surface area contributed by atoms with Crippen molar-refractivity contribution >= 4 is 29.6 Å². The van der Waals surface area contributed by atoms with Gasteiger partial charge in [-0.25, -0.2) is 0 Å². The third-order valence-electron chi connectivity index (χ3n) is 2.38. The van der Waals surface area contributed by atoms with Crippen molar-refractivity contribution in [2.45, 2.75) is 26.2 Å². The predicted octanol–water partition coefficient (Wildman–Crippen LogP) is 0.618. The highest BCUT2D eigenvalue weighted by Crippen LogP contribution is 2.22. The highest BCUT2D eigenvalue weighted by Gasteiger charge is 2.36. The van der Waals surface area contributed by atoms with Crippen LogP contribution in [0.25, 0.3) is 0 Å². The molecule has 0 spiro atoms. The van der Waals surface area contributed by atoms with Crippen molar-refractivity contribution in [3.63, 3.8) is 0 Å². The number of rotatable bonds is 4. The molecule has 14 heavy (non-hydrogen) atoms. The number of nitrogens with zero attached hydrogens (tertiary/aromatic N) is 1. The van der Waals surface area contributed by atoms with Gasteiger partial charge in [0, 0.05) is 25.3 Å². The molecular formula is C9H13NO3S. The molecule has 0 N–H and O–H groups in total. The zero-order valence-electron chi connectivity index (χ0n) is 8.02. The van der Waals surface area contributed by atoms with Gasteiger partial charge in [-0.05, 0) is 6.42 Å². The molecule has 0 radical (unpaired) electrons. The van der Waals surface area contributed by atoms with E-state index in [1.165, 1.54) is 4.90 Å². The molecule has 1 aliphatic rings. The monoisotopic (exact) mass is 215 g/mol. The van der Waals surface area contributed by atoms with E-state index in [4.69, 9.17) is 0 Å². The van der Waals surface area contributed by atoms with Gasteiger partial charge >= 0.3 is 0 Å². The molecule has 0 aromatic heterocycles. The first kappa shape index (κ1) is 11.2. The molecule has 78 valence electrons. The SMILES string of the molecule is CCC1CC(=O)N(CCC(=O)S)C1=O. The lowest BCUT2D eigenvalue weighted by atomic mass is 10.1. The average Bonchev–Trinajstić information content (AvgIpc) is 2.39. The van der Waals surface area contributed by atoms with Gasteiger partial charge in [0.25, 0.3) is 0 Å². The van der Waals surface area contributed by atoms with Gasteiger partial charge in [-0.15, -0.1) is 12.6 Å². The second-order valence-corrected chi connectivity index (χ2v) is 3.84. The third-order valence-corrected chi connectivity index (χ3v) is 2.60. The molecule has 1 aliphatic heterocycles. The third kappa shape index (κ3) is 2.35. The van der Waals surface area contributed by atoms with Gasteiger partial charge in [0.1, 0.15) is 0 Å². The summed E-state index contributed by atoms with van der Waals surface area (Å²) in [6.07, 6.45) is 1.10. The zero-order chi connectivity index (χ0) is 10.7. The van der Waals surface area contributed by atoms with Crippen LogP contribution in [0.4, 0.5) is 0 Å². The highest BCUT2D eigenvalue weighted by molar-refractivity contribution is 7.96. The summed E-state index contributed by atoms with van der Waals surface area (Å²) in [5, 5.41) is -0.300. The maximum absolute atomic E-state index is 11.5. The van der Waals surface area contributed by atoms with Crippen molar-refractivity contribution in [3.05, 3.63) is 0 Å². The Morgan fingerprint density at radius 1 is 1.57 bits per heavy atom. The Hall–Kier alpha value is -0.840. The molecule has 0 aromatic rings. The van der Waals surface area contributed by atoms with Gasteiger partial charge < -0.3 is 0 Å². The standard InChI is InChI=1S/C9H13NO3S/c1-2-6-5-7(11)10(9(6)13)4-3-8(12)14/h6H,2-5H2,1H3,(H,12,14). The van der Waals surface area contributed by atoms with Crippen LogP contribution in [0.1, 0.15) is 26.2 Å². The van der Waals surface area contributed by atoms with Gasteiger partial charge in [-0.3, -0.25) is 19.3 Å². The Balaban J connectivity index is 2.56. The first-order valence-corrected chi connectivity index (χ1v) is 5.07. The fourth-order valence-corrected chi connectivity index (χ4v) is 1.61. The van der Waals surface area contributed by atoms with E-state index < -0.39 is 0 Å². The van der Waals surface area contributed by atoms with E-state index in [9.17, 15) is 14.4 Å². The number of imide groups is 1. The van der Waals surface area contributed by atoms with Crippen LogP contribution in [-0.2, 0) is 14.4 Å². The summed E-state index contributed by atoms with van der Waals surface area (Å²) in [6, 6.07) is 0. The molecule has 0 saturated carbocycles. The summed E-state index contributed by atoms with van der Waals surface area (Å²) >= 11 is 3.59. The largest absolute Gasteiger partial charge is 0.287 e. The van der Waals surface area contributed by atoms with Crippen LogP contribution in [0, 0.1) is 5.92 Å². The maximum Gasteiger partial charge on any atom is 0.232 e. The molecule has 4 nitrogen and oxygen atoms in total. The Morgan fingerprint density at radius 3 is 2.64 bits per heavy atom. The summed E-state index contributed by atoms with van der Waals surface area (Å²) in [6.45, 7) is 2.06. The van der Waals surface area contributed by atoms with E-state index in [1.807, 2.05) is 6.92 Å². The minimum Gasteiger partial charge on any atom is -0.287 e. The summed E-state index contributed by atoms with van der Waals surface area (Å²) in [4.78, 5) is 34.6. The molecule has 2 amide bonds. The average molecular weight is 215 g/mol. The second kappa shape index (κ2) is 4.59. The fourth-order valence-electron chi connectivity index (χ4n) is 1.51. The summed E-state index contributed by atoms with van der Waals surface area (Å²) < 4.78 is 0. The van der Waals surface area contributed by atoms with E-state index in [1.54, 1.807) is 0 Å². The number of carbonyl (C=O) groups excluding carboxylic acids is 3. The molecule has 1 saturated heterocycles. The van der Waals surface area contributed by atoms with Gasteiger partial charge in [-0.1, -0.05) is 6.92 Å². The molecule has 1 unspecified atom stereocenters. The van der Waals surface area contributed by atoms with Crippen molar-refractivity contribution in [1.82, 2.24) is 4.90 Å². The van der Waals surface area contributed by atoms with E-state index in [0.29, 0.717) is 6.42 Å². The van der Waals surface area contributed by atoms with E-state index >= 15 is 0 Å². The molecule has 5 heteroatoms. The Labute approximate surface area is 88.1 Å². The Kier molecular flexibility index (Phi) is 3.69. The van der Waals surface area contributed by atoms with Crippen molar-refractivity contribution in [2.75, 3.05) is 6.54 Å². The highest BCUT2D eigenvalue weighted by atomic mass is 32.1. The van der Waals surface area contributed by atoms with Gasteiger partial charge in [-0.2, -0.15) is 0 Å². The van der Waals surface area contributed by atoms with Crippen molar-refractivity contribution in [1.29, 1.82) is 0 Å². The topological polar surface area (TPSA) is 54.5 Å². The molecule has 0 aromatic carbocycles. The lowest BCUT2D eigenvalue weighted by molar-refractivity contribution is -0.139. The van der Waals surface area contributed by atoms with Crippen LogP contribution in [0.5, 0.6) is 0 Å². The fraction of sp³-hybridized carbons (Fsp3) is 0.667. The summed E-state index contributed by atoms with van der Waals surface area (Å²) in [7, 11) is 0. The van der Waals surface area contributed by atoms with Crippen LogP contribution in [-0.4, -0.2) is 28.4 Å². The number of hydrogen-bond donors (Lipinski definition) is 1. The molecule has 0 bridgehead atoms. The van der Waals surface area contributed by atoms with Crippen LogP contribution in [0.15, 0.2) is 0 Å². The van der Waals surface area contributed by atoms with Gasteiger partial charge in [0.2, 0.25) is 11.8 Å². The van der Waals surface area contributed by atoms with Crippen LogP contribution in [0.3, 0.4) is 0 Å². The normalized spacial score (nSPS) is 21.9. The first-order chi connectivity index (χ1) is 6.56. The minimum atomic E-state index is -0.300.